The molecule has 0 unspecified atom stereocenters. The van der Waals surface area contributed by atoms with Gasteiger partial charge in [-0.3, -0.25) is 4.57 Å². The fourth-order valence-corrected chi connectivity index (χ4v) is 2.97. The summed E-state index contributed by atoms with van der Waals surface area (Å²) in [6, 6.07) is 9.90. The van der Waals surface area contributed by atoms with Gasteiger partial charge in [-0.05, 0) is 12.5 Å². The molecular formula is C17H18FN5O2. The smallest absolute Gasteiger partial charge is 0.173 e. The van der Waals surface area contributed by atoms with Crippen LogP contribution in [0.3, 0.4) is 0 Å². The third-order valence-electron chi connectivity index (χ3n) is 4.37. The van der Waals surface area contributed by atoms with E-state index in [0.29, 0.717) is 23.5 Å². The summed E-state index contributed by atoms with van der Waals surface area (Å²) in [5.41, 5.74) is 2.09. The molecule has 1 fully saturated rings. The van der Waals surface area contributed by atoms with Gasteiger partial charge in [-0.25, -0.2) is 19.3 Å². The number of aromatic nitrogens is 4. The Bertz CT molecular complexity index is 872. The van der Waals surface area contributed by atoms with Crippen molar-refractivity contribution in [1.82, 2.24) is 19.5 Å². The van der Waals surface area contributed by atoms with Crippen molar-refractivity contribution in [2.24, 2.45) is 0 Å². The summed E-state index contributed by atoms with van der Waals surface area (Å²) in [5, 5.41) is 13.0. The van der Waals surface area contributed by atoms with Crippen molar-refractivity contribution in [1.29, 1.82) is 0 Å². The molecule has 0 radical (unpaired) electrons. The molecule has 25 heavy (non-hydrogen) atoms. The van der Waals surface area contributed by atoms with Crippen molar-refractivity contribution in [3.05, 3.63) is 48.5 Å². The average Bonchev–Trinajstić information content (AvgIpc) is 3.18. The van der Waals surface area contributed by atoms with Gasteiger partial charge in [0.15, 0.2) is 29.4 Å². The van der Waals surface area contributed by atoms with E-state index in [-0.39, 0.29) is 0 Å². The summed E-state index contributed by atoms with van der Waals surface area (Å²) in [4.78, 5) is 12.7. The summed E-state index contributed by atoms with van der Waals surface area (Å²) in [7, 11) is 0. The van der Waals surface area contributed by atoms with Crippen LogP contribution in [0.5, 0.6) is 0 Å². The lowest BCUT2D eigenvalue weighted by Crippen LogP contribution is -2.26. The second kappa shape index (κ2) is 6.38. The first-order valence-corrected chi connectivity index (χ1v) is 8.08. The largest absolute Gasteiger partial charge is 0.387 e. The number of anilines is 1. The third kappa shape index (κ3) is 2.83. The van der Waals surface area contributed by atoms with E-state index in [1.807, 2.05) is 30.3 Å². The standard InChI is InChI=1S/C17H18FN5O2/c1-10-14(24)12(18)17(25-10)23-9-22-13-15(20-8-21-16(13)23)19-7-11-5-3-2-4-6-11/h2-6,8-10,12,14,17,24H,7H2,1H3,(H,19,20,21)/t10-,12-,14-,17-/m1/s1. The number of rotatable bonds is 4. The van der Waals surface area contributed by atoms with Crippen molar-refractivity contribution in [2.45, 2.75) is 38.1 Å². The number of imidazole rings is 1. The fraction of sp³-hybridized carbons (Fsp3) is 0.353. The monoisotopic (exact) mass is 343 g/mol. The Labute approximate surface area is 143 Å². The number of hydrogen-bond acceptors (Lipinski definition) is 6. The molecule has 7 nitrogen and oxygen atoms in total. The van der Waals surface area contributed by atoms with E-state index in [1.54, 1.807) is 6.92 Å². The maximum Gasteiger partial charge on any atom is 0.173 e. The van der Waals surface area contributed by atoms with Crippen molar-refractivity contribution in [2.75, 3.05) is 5.32 Å². The lowest BCUT2D eigenvalue weighted by Gasteiger charge is -2.15. The first-order chi connectivity index (χ1) is 12.1. The molecule has 2 aromatic heterocycles. The number of benzene rings is 1. The number of aliphatic hydroxyl groups excluding tert-OH is 1. The molecule has 4 rings (SSSR count). The van der Waals surface area contributed by atoms with Gasteiger partial charge in [-0.15, -0.1) is 0 Å². The zero-order valence-electron chi connectivity index (χ0n) is 13.6. The molecule has 0 spiro atoms. The zero-order chi connectivity index (χ0) is 17.4. The van der Waals surface area contributed by atoms with E-state index in [4.69, 9.17) is 4.74 Å². The SMILES string of the molecule is C[C@H]1O[C@@H](n2cnc3c(NCc4ccccc4)ncnc32)[C@H](F)[C@@H]1O. The van der Waals surface area contributed by atoms with Crippen LogP contribution in [0.15, 0.2) is 43.0 Å². The lowest BCUT2D eigenvalue weighted by atomic mass is 10.2. The van der Waals surface area contributed by atoms with Crippen molar-refractivity contribution >= 4 is 17.0 Å². The van der Waals surface area contributed by atoms with E-state index in [1.165, 1.54) is 17.2 Å². The van der Waals surface area contributed by atoms with Crippen LogP contribution in [-0.4, -0.2) is 43.0 Å². The number of hydrogen-bond donors (Lipinski definition) is 2. The first kappa shape index (κ1) is 15.9. The normalized spacial score (nSPS) is 26.2. The van der Waals surface area contributed by atoms with Crippen molar-refractivity contribution in [3.63, 3.8) is 0 Å². The highest BCUT2D eigenvalue weighted by Gasteiger charge is 2.43. The second-order valence-corrected chi connectivity index (χ2v) is 6.05. The molecule has 1 aliphatic heterocycles. The predicted octanol–water partition coefficient (Wildman–Crippen LogP) is 2.05. The number of nitrogens with one attached hydrogen (secondary N) is 1. The minimum atomic E-state index is -1.54. The molecule has 130 valence electrons. The summed E-state index contributed by atoms with van der Waals surface area (Å²) in [6.45, 7) is 2.22. The van der Waals surface area contributed by atoms with Crippen LogP contribution in [0, 0.1) is 0 Å². The van der Waals surface area contributed by atoms with Crippen LogP contribution in [0.2, 0.25) is 0 Å². The predicted molar refractivity (Wildman–Crippen MR) is 89.6 cm³/mol. The van der Waals surface area contributed by atoms with E-state index in [9.17, 15) is 9.50 Å². The number of ether oxygens (including phenoxy) is 1. The molecular weight excluding hydrogens is 325 g/mol. The number of aliphatic hydroxyl groups is 1. The molecule has 2 N–H and O–H groups in total. The number of nitrogens with zero attached hydrogens (tertiary/aromatic N) is 4. The highest BCUT2D eigenvalue weighted by Crippen LogP contribution is 2.33. The molecule has 1 aliphatic rings. The minimum absolute atomic E-state index is 0.458. The van der Waals surface area contributed by atoms with Crippen LogP contribution in [0.25, 0.3) is 11.2 Å². The molecule has 0 bridgehead atoms. The van der Waals surface area contributed by atoms with Crippen LogP contribution in [0.4, 0.5) is 10.2 Å². The summed E-state index contributed by atoms with van der Waals surface area (Å²) < 4.78 is 21.3. The van der Waals surface area contributed by atoms with Crippen molar-refractivity contribution < 1.29 is 14.2 Å². The number of fused-ring (bicyclic) bond motifs is 1. The topological polar surface area (TPSA) is 85.1 Å². The maximum atomic E-state index is 14.3. The van der Waals surface area contributed by atoms with Gasteiger partial charge in [-0.2, -0.15) is 0 Å². The molecule has 3 heterocycles. The molecule has 4 atom stereocenters. The number of alkyl halides is 1. The molecule has 8 heteroatoms. The summed E-state index contributed by atoms with van der Waals surface area (Å²) >= 11 is 0. The van der Waals surface area contributed by atoms with Gasteiger partial charge in [-0.1, -0.05) is 30.3 Å². The molecule has 1 aromatic carbocycles. The quantitative estimate of drug-likeness (QED) is 0.754. The lowest BCUT2D eigenvalue weighted by molar-refractivity contribution is -0.0137. The average molecular weight is 343 g/mol. The molecule has 0 aliphatic carbocycles. The fourth-order valence-electron chi connectivity index (χ4n) is 2.97. The Morgan fingerprint density at radius 1 is 1.24 bits per heavy atom. The van der Waals surface area contributed by atoms with Crippen LogP contribution in [0.1, 0.15) is 18.7 Å². The van der Waals surface area contributed by atoms with Crippen LogP contribution < -0.4 is 5.32 Å². The third-order valence-corrected chi connectivity index (χ3v) is 4.37. The van der Waals surface area contributed by atoms with Gasteiger partial charge < -0.3 is 15.2 Å². The van der Waals surface area contributed by atoms with Crippen LogP contribution >= 0.6 is 0 Å². The highest BCUT2D eigenvalue weighted by atomic mass is 19.1. The van der Waals surface area contributed by atoms with Gasteiger partial charge in [0.25, 0.3) is 0 Å². The molecule has 0 saturated carbocycles. The molecule has 3 aromatic rings. The van der Waals surface area contributed by atoms with Crippen LogP contribution in [-0.2, 0) is 11.3 Å². The summed E-state index contributed by atoms with van der Waals surface area (Å²) in [5.74, 6) is 0.564. The second-order valence-electron chi connectivity index (χ2n) is 6.05. The van der Waals surface area contributed by atoms with Gasteiger partial charge in [0.05, 0.1) is 12.4 Å². The minimum Gasteiger partial charge on any atom is -0.387 e. The Morgan fingerprint density at radius 3 is 2.76 bits per heavy atom. The molecule has 0 amide bonds. The first-order valence-electron chi connectivity index (χ1n) is 8.08. The Morgan fingerprint density at radius 2 is 2.04 bits per heavy atom. The Kier molecular flexibility index (Phi) is 4.06. The van der Waals surface area contributed by atoms with E-state index in [0.717, 1.165) is 5.56 Å². The van der Waals surface area contributed by atoms with Gasteiger partial charge in [0, 0.05) is 6.54 Å². The van der Waals surface area contributed by atoms with E-state index >= 15 is 0 Å². The van der Waals surface area contributed by atoms with Gasteiger partial charge in [0.2, 0.25) is 0 Å². The van der Waals surface area contributed by atoms with Gasteiger partial charge in [0.1, 0.15) is 12.4 Å². The van der Waals surface area contributed by atoms with E-state index in [2.05, 4.69) is 20.3 Å². The zero-order valence-corrected chi connectivity index (χ0v) is 13.6. The van der Waals surface area contributed by atoms with E-state index < -0.39 is 24.6 Å². The Balaban J connectivity index is 1.62. The number of halogens is 1. The maximum absolute atomic E-state index is 14.3. The van der Waals surface area contributed by atoms with Crippen molar-refractivity contribution in [3.8, 4) is 0 Å². The molecule has 1 saturated heterocycles. The Hall–Kier alpha value is -2.58. The highest BCUT2D eigenvalue weighted by molar-refractivity contribution is 5.82. The summed E-state index contributed by atoms with van der Waals surface area (Å²) in [6.07, 6.45) is -1.38. The van der Waals surface area contributed by atoms with Gasteiger partial charge >= 0.3 is 0 Å².